The summed E-state index contributed by atoms with van der Waals surface area (Å²) in [6.45, 7) is 2.52. The number of nitro groups is 1. The number of aromatic nitrogens is 1. The normalized spacial score (nSPS) is 14.6. The minimum atomic E-state index is -4.69. The second kappa shape index (κ2) is 8.30. The van der Waals surface area contributed by atoms with Crippen LogP contribution in [0, 0.1) is 22.9 Å². The van der Waals surface area contributed by atoms with Crippen molar-refractivity contribution >= 4 is 28.2 Å². The number of hydrogen-bond acceptors (Lipinski definition) is 5. The number of piperazine rings is 1. The summed E-state index contributed by atoms with van der Waals surface area (Å²) in [5, 5.41) is 11.9. The van der Waals surface area contributed by atoms with Gasteiger partial charge in [-0.2, -0.15) is 13.2 Å². The Morgan fingerprint density at radius 3 is 2.39 bits per heavy atom. The van der Waals surface area contributed by atoms with E-state index in [2.05, 4.69) is 4.98 Å². The molecule has 0 bridgehead atoms. The molecule has 33 heavy (non-hydrogen) atoms. The fraction of sp³-hybridized carbons (Fsp3) is 0.273. The van der Waals surface area contributed by atoms with Crippen LogP contribution >= 0.6 is 0 Å². The van der Waals surface area contributed by atoms with Crippen molar-refractivity contribution in [2.45, 2.75) is 13.1 Å². The molecule has 4 rings (SSSR count). The third-order valence-electron chi connectivity index (χ3n) is 5.54. The Hall–Kier alpha value is -3.76. The highest BCUT2D eigenvalue weighted by molar-refractivity contribution is 6.06. The first-order valence-electron chi connectivity index (χ1n) is 10.0. The number of carbonyl (C=O) groups is 1. The van der Waals surface area contributed by atoms with Gasteiger partial charge in [0.15, 0.2) is 0 Å². The lowest BCUT2D eigenvalue weighted by Gasteiger charge is -2.36. The van der Waals surface area contributed by atoms with Crippen molar-refractivity contribution in [3.63, 3.8) is 0 Å². The monoisotopic (exact) mass is 462 g/mol. The molecule has 172 valence electrons. The average molecular weight is 462 g/mol. The third kappa shape index (κ3) is 4.43. The van der Waals surface area contributed by atoms with E-state index in [0.29, 0.717) is 28.2 Å². The Balaban J connectivity index is 1.56. The maximum absolute atomic E-state index is 13.6. The third-order valence-corrected chi connectivity index (χ3v) is 5.54. The van der Waals surface area contributed by atoms with E-state index in [1.165, 1.54) is 18.2 Å². The second-order valence-corrected chi connectivity index (χ2v) is 7.71. The molecular weight excluding hydrogens is 444 g/mol. The van der Waals surface area contributed by atoms with Crippen LogP contribution in [0.15, 0.2) is 42.5 Å². The van der Waals surface area contributed by atoms with Crippen LogP contribution in [0.5, 0.6) is 0 Å². The molecule has 1 saturated heterocycles. The van der Waals surface area contributed by atoms with E-state index in [0.717, 1.165) is 12.1 Å². The van der Waals surface area contributed by atoms with Gasteiger partial charge in [-0.15, -0.1) is 0 Å². The Labute approximate surface area is 185 Å². The molecule has 2 aromatic carbocycles. The topological polar surface area (TPSA) is 79.6 Å². The van der Waals surface area contributed by atoms with Gasteiger partial charge < -0.3 is 9.80 Å². The lowest BCUT2D eigenvalue weighted by molar-refractivity contribution is -0.384. The summed E-state index contributed by atoms with van der Waals surface area (Å²) in [5.74, 6) is -0.760. The van der Waals surface area contributed by atoms with Crippen molar-refractivity contribution in [1.82, 2.24) is 9.88 Å². The maximum atomic E-state index is 13.6. The van der Waals surface area contributed by atoms with Gasteiger partial charge in [-0.1, -0.05) is 0 Å². The van der Waals surface area contributed by atoms with Crippen LogP contribution in [-0.2, 0) is 6.18 Å². The SMILES string of the molecule is Cc1cc(C(=O)N2CCN(c3ccc(C(F)(F)F)cc3[N+](=O)[O-])CC2)c2ccc(F)cc2n1. The minimum absolute atomic E-state index is 0.0702. The van der Waals surface area contributed by atoms with Gasteiger partial charge in [0.2, 0.25) is 0 Å². The van der Waals surface area contributed by atoms with E-state index in [-0.39, 0.29) is 37.8 Å². The van der Waals surface area contributed by atoms with Crippen molar-refractivity contribution in [2.24, 2.45) is 0 Å². The number of benzene rings is 2. The number of carbonyl (C=O) groups excluding carboxylic acids is 1. The number of anilines is 1. The van der Waals surface area contributed by atoms with Crippen molar-refractivity contribution in [1.29, 1.82) is 0 Å². The minimum Gasteiger partial charge on any atom is -0.362 e. The highest BCUT2D eigenvalue weighted by Gasteiger charge is 2.34. The lowest BCUT2D eigenvalue weighted by atomic mass is 10.1. The van der Waals surface area contributed by atoms with Gasteiger partial charge in [0.05, 0.1) is 21.6 Å². The molecule has 0 saturated carbocycles. The molecule has 0 aliphatic carbocycles. The zero-order valence-corrected chi connectivity index (χ0v) is 17.4. The van der Waals surface area contributed by atoms with Gasteiger partial charge >= 0.3 is 6.18 Å². The maximum Gasteiger partial charge on any atom is 0.416 e. The van der Waals surface area contributed by atoms with Gasteiger partial charge in [-0.05, 0) is 37.3 Å². The second-order valence-electron chi connectivity index (χ2n) is 7.71. The number of halogens is 4. The van der Waals surface area contributed by atoms with Crippen molar-refractivity contribution in [3.05, 3.63) is 75.2 Å². The van der Waals surface area contributed by atoms with Gasteiger partial charge in [-0.3, -0.25) is 19.9 Å². The summed E-state index contributed by atoms with van der Waals surface area (Å²) in [4.78, 5) is 31.1. The van der Waals surface area contributed by atoms with E-state index in [1.54, 1.807) is 22.8 Å². The van der Waals surface area contributed by atoms with Crippen LogP contribution in [0.25, 0.3) is 10.9 Å². The molecule has 7 nitrogen and oxygen atoms in total. The quantitative estimate of drug-likeness (QED) is 0.324. The van der Waals surface area contributed by atoms with E-state index in [9.17, 15) is 32.5 Å². The number of rotatable bonds is 3. The number of aryl methyl sites for hydroxylation is 1. The van der Waals surface area contributed by atoms with E-state index in [4.69, 9.17) is 0 Å². The summed E-state index contributed by atoms with van der Waals surface area (Å²) in [5.41, 5.74) is -0.384. The highest BCUT2D eigenvalue weighted by atomic mass is 19.4. The van der Waals surface area contributed by atoms with Crippen LogP contribution in [0.2, 0.25) is 0 Å². The fourth-order valence-corrected chi connectivity index (χ4v) is 3.95. The van der Waals surface area contributed by atoms with Crippen LogP contribution in [0.1, 0.15) is 21.6 Å². The lowest BCUT2D eigenvalue weighted by Crippen LogP contribution is -2.49. The molecule has 0 spiro atoms. The first-order chi connectivity index (χ1) is 15.5. The highest BCUT2D eigenvalue weighted by Crippen LogP contribution is 2.37. The Morgan fingerprint density at radius 2 is 1.76 bits per heavy atom. The predicted octanol–water partition coefficient (Wildman–Crippen LogP) is 4.57. The summed E-state index contributed by atoms with van der Waals surface area (Å²) >= 11 is 0. The molecule has 1 amide bonds. The number of pyridine rings is 1. The number of nitrogens with zero attached hydrogens (tertiary/aromatic N) is 4. The molecule has 2 heterocycles. The molecule has 3 aromatic rings. The molecular formula is C22H18F4N4O3. The number of alkyl halides is 3. The van der Waals surface area contributed by atoms with Crippen molar-refractivity contribution in [3.8, 4) is 0 Å². The van der Waals surface area contributed by atoms with E-state index in [1.807, 2.05) is 0 Å². The Bertz CT molecular complexity index is 1250. The molecule has 0 N–H and O–H groups in total. The standard InChI is InChI=1S/C22H18F4N4O3/c1-13-10-17(16-4-3-15(23)12-18(16)27-13)21(31)29-8-6-28(7-9-29)19-5-2-14(22(24,25)26)11-20(19)30(32)33/h2-5,10-12H,6-9H2,1H3. The number of fused-ring (bicyclic) bond motifs is 1. The summed E-state index contributed by atoms with van der Waals surface area (Å²) in [6, 6.07) is 8.04. The van der Waals surface area contributed by atoms with Crippen molar-refractivity contribution in [2.75, 3.05) is 31.1 Å². The number of nitro benzene ring substituents is 1. The van der Waals surface area contributed by atoms with Crippen LogP contribution in [0.4, 0.5) is 28.9 Å². The number of hydrogen-bond donors (Lipinski definition) is 0. The zero-order valence-electron chi connectivity index (χ0n) is 17.4. The fourth-order valence-electron chi connectivity index (χ4n) is 3.95. The van der Waals surface area contributed by atoms with E-state index >= 15 is 0 Å². The van der Waals surface area contributed by atoms with Gasteiger partial charge in [-0.25, -0.2) is 4.39 Å². The molecule has 1 fully saturated rings. The van der Waals surface area contributed by atoms with Crippen molar-refractivity contribution < 1.29 is 27.3 Å². The summed E-state index contributed by atoms with van der Waals surface area (Å²) in [6.07, 6.45) is -4.69. The molecule has 0 atom stereocenters. The van der Waals surface area contributed by atoms with Crippen LogP contribution < -0.4 is 4.90 Å². The van der Waals surface area contributed by atoms with Gasteiger partial charge in [0.1, 0.15) is 11.5 Å². The average Bonchev–Trinajstić information content (AvgIpc) is 2.76. The zero-order chi connectivity index (χ0) is 23.9. The first-order valence-corrected chi connectivity index (χ1v) is 10.0. The van der Waals surface area contributed by atoms with E-state index < -0.39 is 28.2 Å². The predicted molar refractivity (Wildman–Crippen MR) is 113 cm³/mol. The summed E-state index contributed by atoms with van der Waals surface area (Å²) < 4.78 is 52.5. The molecule has 1 aliphatic rings. The Morgan fingerprint density at radius 1 is 1.06 bits per heavy atom. The first kappa shape index (κ1) is 22.4. The molecule has 1 aliphatic heterocycles. The Kier molecular flexibility index (Phi) is 5.64. The largest absolute Gasteiger partial charge is 0.416 e. The molecule has 1 aromatic heterocycles. The molecule has 11 heteroatoms. The smallest absolute Gasteiger partial charge is 0.362 e. The molecule has 0 radical (unpaired) electrons. The number of amides is 1. The summed E-state index contributed by atoms with van der Waals surface area (Å²) in [7, 11) is 0. The van der Waals surface area contributed by atoms with Crippen LogP contribution in [-0.4, -0.2) is 46.9 Å². The van der Waals surface area contributed by atoms with Gasteiger partial charge in [0, 0.05) is 49.4 Å². The molecule has 0 unspecified atom stereocenters. The van der Waals surface area contributed by atoms with Crippen LogP contribution in [0.3, 0.4) is 0 Å². The van der Waals surface area contributed by atoms with Gasteiger partial charge in [0.25, 0.3) is 11.6 Å².